The maximum atomic E-state index is 13.6. The molecule has 0 saturated carbocycles. The lowest BCUT2D eigenvalue weighted by molar-refractivity contribution is -0.137. The van der Waals surface area contributed by atoms with Gasteiger partial charge >= 0.3 is 5.97 Å². The standard InChI is InChI=1S/C21H23Cl3N2O4S2/c1-14(8-9-25-12-17(31-13-25)11-21(27)28)26(20-10-16(23)4-7-19(20)24)32(29,30)18-5-2-15(22)3-6-18/h2-7,10,14,17H,8-9,11-13H2,1H3,(H,27,28). The number of hydrogen-bond donors (Lipinski definition) is 1. The van der Waals surface area contributed by atoms with Crippen molar-refractivity contribution in [3.8, 4) is 0 Å². The number of sulfonamides is 1. The second-order valence-electron chi connectivity index (χ2n) is 7.58. The zero-order chi connectivity index (χ0) is 23.5. The number of anilines is 1. The molecule has 6 nitrogen and oxygen atoms in total. The van der Waals surface area contributed by atoms with Crippen molar-refractivity contribution < 1.29 is 18.3 Å². The van der Waals surface area contributed by atoms with Gasteiger partial charge in [-0.1, -0.05) is 34.8 Å². The van der Waals surface area contributed by atoms with Gasteiger partial charge in [-0.25, -0.2) is 8.42 Å². The highest BCUT2D eigenvalue weighted by Gasteiger charge is 2.32. The minimum absolute atomic E-state index is 0.0408. The molecule has 1 aliphatic rings. The molecule has 174 valence electrons. The van der Waals surface area contributed by atoms with Gasteiger partial charge < -0.3 is 5.11 Å². The monoisotopic (exact) mass is 536 g/mol. The highest BCUT2D eigenvalue weighted by molar-refractivity contribution is 8.00. The van der Waals surface area contributed by atoms with Gasteiger partial charge in [-0.15, -0.1) is 11.8 Å². The Labute approximate surface area is 207 Å². The van der Waals surface area contributed by atoms with Crippen molar-refractivity contribution in [1.29, 1.82) is 0 Å². The van der Waals surface area contributed by atoms with Crippen LogP contribution in [-0.4, -0.2) is 54.7 Å². The topological polar surface area (TPSA) is 77.9 Å². The quantitative estimate of drug-likeness (QED) is 0.457. The molecule has 0 radical (unpaired) electrons. The second-order valence-corrected chi connectivity index (χ2v) is 11.9. The van der Waals surface area contributed by atoms with E-state index in [0.29, 0.717) is 41.1 Å². The van der Waals surface area contributed by atoms with Gasteiger partial charge in [0.2, 0.25) is 0 Å². The van der Waals surface area contributed by atoms with Crippen LogP contribution in [0, 0.1) is 0 Å². The molecule has 1 heterocycles. The van der Waals surface area contributed by atoms with Crippen molar-refractivity contribution in [3.05, 3.63) is 57.5 Å². The molecule has 2 aromatic carbocycles. The summed E-state index contributed by atoms with van der Waals surface area (Å²) in [7, 11) is -3.95. The molecule has 0 aliphatic carbocycles. The Balaban J connectivity index is 1.85. The van der Waals surface area contributed by atoms with E-state index in [9.17, 15) is 13.2 Å². The van der Waals surface area contributed by atoms with Gasteiger partial charge in [-0.05, 0) is 55.8 Å². The van der Waals surface area contributed by atoms with E-state index in [0.717, 1.165) is 0 Å². The maximum Gasteiger partial charge on any atom is 0.304 e. The number of rotatable bonds is 9. The molecule has 11 heteroatoms. The van der Waals surface area contributed by atoms with Gasteiger partial charge in [-0.2, -0.15) is 0 Å². The number of carboxylic acid groups (broad SMARTS) is 1. The van der Waals surface area contributed by atoms with Gasteiger partial charge in [0.25, 0.3) is 10.0 Å². The Hall–Kier alpha value is -1.16. The van der Waals surface area contributed by atoms with E-state index in [1.54, 1.807) is 30.0 Å². The number of carbonyl (C=O) groups is 1. The van der Waals surface area contributed by atoms with Crippen LogP contribution >= 0.6 is 46.6 Å². The van der Waals surface area contributed by atoms with Gasteiger partial charge in [0.15, 0.2) is 0 Å². The molecule has 0 amide bonds. The summed E-state index contributed by atoms with van der Waals surface area (Å²) in [4.78, 5) is 13.2. The zero-order valence-electron chi connectivity index (χ0n) is 17.2. The van der Waals surface area contributed by atoms with E-state index >= 15 is 0 Å². The fourth-order valence-electron chi connectivity index (χ4n) is 3.54. The van der Waals surface area contributed by atoms with E-state index < -0.39 is 22.0 Å². The van der Waals surface area contributed by atoms with E-state index in [2.05, 4.69) is 4.90 Å². The minimum atomic E-state index is -3.95. The molecule has 32 heavy (non-hydrogen) atoms. The van der Waals surface area contributed by atoms with Crippen LogP contribution in [0.3, 0.4) is 0 Å². The van der Waals surface area contributed by atoms with Crippen LogP contribution in [0.2, 0.25) is 15.1 Å². The summed E-state index contributed by atoms with van der Waals surface area (Å²) in [5.74, 6) is -0.0967. The van der Waals surface area contributed by atoms with Crippen molar-refractivity contribution in [1.82, 2.24) is 4.90 Å². The summed E-state index contributed by atoms with van der Waals surface area (Å²) in [5, 5.41) is 10.1. The van der Waals surface area contributed by atoms with Crippen LogP contribution in [-0.2, 0) is 14.8 Å². The third-order valence-electron chi connectivity index (χ3n) is 5.14. The summed E-state index contributed by atoms with van der Waals surface area (Å²) >= 11 is 20.1. The van der Waals surface area contributed by atoms with Crippen molar-refractivity contribution in [2.75, 3.05) is 23.3 Å². The number of hydrogen-bond acceptors (Lipinski definition) is 5. The van der Waals surface area contributed by atoms with Crippen molar-refractivity contribution in [2.24, 2.45) is 0 Å². The largest absolute Gasteiger partial charge is 0.481 e. The molecule has 3 rings (SSSR count). The third kappa shape index (κ3) is 6.24. The molecule has 1 aliphatic heterocycles. The first-order valence-corrected chi connectivity index (χ1v) is 13.5. The predicted octanol–water partition coefficient (Wildman–Crippen LogP) is 5.47. The summed E-state index contributed by atoms with van der Waals surface area (Å²) in [5.41, 5.74) is 0.307. The van der Waals surface area contributed by atoms with E-state index in [4.69, 9.17) is 39.9 Å². The summed E-state index contributed by atoms with van der Waals surface area (Å²) in [6.45, 7) is 3.10. The number of benzene rings is 2. The SMILES string of the molecule is CC(CCN1CSC(CC(=O)O)C1)N(c1cc(Cl)ccc1Cl)S(=O)(=O)c1ccc(Cl)cc1. The van der Waals surface area contributed by atoms with Crippen molar-refractivity contribution >= 4 is 68.2 Å². The third-order valence-corrected chi connectivity index (χ3v) is 9.19. The van der Waals surface area contributed by atoms with Gasteiger partial charge in [0, 0.05) is 40.3 Å². The fraction of sp³-hybridized carbons (Fsp3) is 0.381. The van der Waals surface area contributed by atoms with Crippen LogP contribution in [0.4, 0.5) is 5.69 Å². The Morgan fingerprint density at radius 3 is 2.50 bits per heavy atom. The second kappa shape index (κ2) is 10.8. The smallest absolute Gasteiger partial charge is 0.304 e. The Bertz CT molecular complexity index is 1070. The Morgan fingerprint density at radius 1 is 1.19 bits per heavy atom. The maximum absolute atomic E-state index is 13.6. The highest BCUT2D eigenvalue weighted by Crippen LogP contribution is 2.36. The van der Waals surface area contributed by atoms with Gasteiger partial charge in [0.1, 0.15) is 0 Å². The molecule has 2 unspecified atom stereocenters. The molecule has 1 saturated heterocycles. The number of thioether (sulfide) groups is 1. The van der Waals surface area contributed by atoms with Gasteiger partial charge in [0.05, 0.1) is 22.0 Å². The molecule has 0 aromatic heterocycles. The Kier molecular flexibility index (Phi) is 8.63. The first-order valence-electron chi connectivity index (χ1n) is 9.88. The highest BCUT2D eigenvalue weighted by atomic mass is 35.5. The summed E-state index contributed by atoms with van der Waals surface area (Å²) in [6, 6.07) is 10.3. The summed E-state index contributed by atoms with van der Waals surface area (Å²) in [6.07, 6.45) is 0.641. The van der Waals surface area contributed by atoms with Crippen LogP contribution in [0.15, 0.2) is 47.4 Å². The van der Waals surface area contributed by atoms with Crippen molar-refractivity contribution in [2.45, 2.75) is 36.0 Å². The zero-order valence-corrected chi connectivity index (χ0v) is 21.1. The molecular formula is C21H23Cl3N2O4S2. The molecular weight excluding hydrogens is 515 g/mol. The lowest BCUT2D eigenvalue weighted by Gasteiger charge is -2.32. The predicted molar refractivity (Wildman–Crippen MR) is 132 cm³/mol. The van der Waals surface area contributed by atoms with Crippen LogP contribution < -0.4 is 4.31 Å². The summed E-state index contributed by atoms with van der Waals surface area (Å²) < 4.78 is 28.5. The molecule has 2 atom stereocenters. The molecule has 2 aromatic rings. The Morgan fingerprint density at radius 2 is 1.84 bits per heavy atom. The number of halogens is 3. The number of carboxylic acids is 1. The molecule has 0 bridgehead atoms. The van der Waals surface area contributed by atoms with E-state index in [-0.39, 0.29) is 21.6 Å². The van der Waals surface area contributed by atoms with Crippen LogP contribution in [0.25, 0.3) is 0 Å². The average molecular weight is 538 g/mol. The average Bonchev–Trinajstić information content (AvgIpc) is 3.16. The molecule has 1 N–H and O–H groups in total. The molecule has 0 spiro atoms. The lowest BCUT2D eigenvalue weighted by atomic mass is 10.2. The number of aliphatic carboxylic acids is 1. The normalized spacial score (nSPS) is 17.9. The lowest BCUT2D eigenvalue weighted by Crippen LogP contribution is -2.41. The van der Waals surface area contributed by atoms with E-state index in [1.165, 1.54) is 28.6 Å². The van der Waals surface area contributed by atoms with Crippen molar-refractivity contribution in [3.63, 3.8) is 0 Å². The number of nitrogens with zero attached hydrogens (tertiary/aromatic N) is 2. The van der Waals surface area contributed by atoms with Crippen LogP contribution in [0.5, 0.6) is 0 Å². The first kappa shape index (κ1) is 25.5. The van der Waals surface area contributed by atoms with Crippen LogP contribution in [0.1, 0.15) is 19.8 Å². The van der Waals surface area contributed by atoms with E-state index in [1.807, 2.05) is 6.92 Å². The first-order chi connectivity index (χ1) is 15.1. The minimum Gasteiger partial charge on any atom is -0.481 e. The fourth-order valence-corrected chi connectivity index (χ4v) is 7.02. The molecule has 1 fully saturated rings. The van der Waals surface area contributed by atoms with Gasteiger partial charge in [-0.3, -0.25) is 14.0 Å².